The Hall–Kier alpha value is -12.1. The highest BCUT2D eigenvalue weighted by atomic mass is 15.0. The van der Waals surface area contributed by atoms with Crippen LogP contribution in [0.3, 0.4) is 0 Å². The summed E-state index contributed by atoms with van der Waals surface area (Å²) in [5, 5.41) is 15.0. The Balaban J connectivity index is 0.778. The molecule has 494 valence electrons. The summed E-state index contributed by atoms with van der Waals surface area (Å²) in [7, 11) is 0. The third kappa shape index (κ3) is 8.86. The molecule has 6 heteroatoms. The predicted molar refractivity (Wildman–Crippen MR) is 436 cm³/mol. The van der Waals surface area contributed by atoms with E-state index in [1.165, 1.54) is 203 Å². The highest BCUT2D eigenvalue weighted by Gasteiger charge is 2.43. The minimum atomic E-state index is -0.240. The first-order chi connectivity index (χ1) is 51.0. The van der Waals surface area contributed by atoms with Crippen molar-refractivity contribution in [2.75, 3.05) is 0 Å². The van der Waals surface area contributed by atoms with Gasteiger partial charge in [0.15, 0.2) is 0 Å². The maximum atomic E-state index is 2.65. The molecule has 21 rings (SSSR count). The Kier molecular flexibility index (Phi) is 13.6. The van der Waals surface area contributed by atoms with Crippen LogP contribution < -0.4 is 0 Å². The number of benzene rings is 14. The molecule has 6 nitrogen and oxygen atoms in total. The van der Waals surface area contributed by atoms with Crippen LogP contribution in [-0.4, -0.2) is 27.4 Å². The molecule has 0 radical (unpaired) electrons. The second kappa shape index (κ2) is 23.5. The molecular weight excluding hydrogens is 1250 g/mol. The van der Waals surface area contributed by atoms with Crippen molar-refractivity contribution >= 4 is 131 Å². The lowest BCUT2D eigenvalue weighted by Crippen LogP contribution is -2.26. The second-order valence-electron chi connectivity index (χ2n) is 29.1. The summed E-state index contributed by atoms with van der Waals surface area (Å²) in [5.41, 5.74) is 26.9. The van der Waals surface area contributed by atoms with Gasteiger partial charge in [-0.15, -0.1) is 0 Å². The summed E-state index contributed by atoms with van der Waals surface area (Å²) in [6, 6.07) is 115. The Labute approximate surface area is 597 Å². The molecule has 1 aliphatic rings. The average Bonchev–Trinajstić information content (AvgIpc) is 1.55. The molecule has 0 fully saturated rings. The smallest absolute Gasteiger partial charge is 0.0542 e. The number of para-hydroxylation sites is 8. The Morgan fingerprint density at radius 2 is 0.398 bits per heavy atom. The molecule has 1 aliphatic carbocycles. The van der Waals surface area contributed by atoms with Crippen LogP contribution in [0.15, 0.2) is 303 Å². The van der Waals surface area contributed by atoms with Gasteiger partial charge in [-0.25, -0.2) is 0 Å². The molecule has 0 unspecified atom stereocenters. The lowest BCUT2D eigenvalue weighted by atomic mass is 9.70. The van der Waals surface area contributed by atoms with Crippen LogP contribution in [0.1, 0.15) is 89.2 Å². The van der Waals surface area contributed by atoms with Crippen molar-refractivity contribution in [3.8, 4) is 45.3 Å². The van der Waals surface area contributed by atoms with E-state index in [1.54, 1.807) is 0 Å². The van der Waals surface area contributed by atoms with Crippen LogP contribution in [0.25, 0.3) is 176 Å². The number of hydrogen-bond acceptors (Lipinski definition) is 0. The second-order valence-corrected chi connectivity index (χ2v) is 29.1. The summed E-state index contributed by atoms with van der Waals surface area (Å²) in [4.78, 5) is 0. The van der Waals surface area contributed by atoms with Crippen LogP contribution in [0.2, 0.25) is 0 Å². The van der Waals surface area contributed by atoms with E-state index >= 15 is 0 Å². The van der Waals surface area contributed by atoms with Gasteiger partial charge < -0.3 is 27.4 Å². The lowest BCUT2D eigenvalue weighted by Gasteiger charge is -2.33. The zero-order chi connectivity index (χ0) is 68.0. The summed E-state index contributed by atoms with van der Waals surface area (Å²) < 4.78 is 15.1. The Bertz CT molecular complexity index is 5900. The van der Waals surface area contributed by atoms with Crippen molar-refractivity contribution in [2.24, 2.45) is 0 Å². The molecule has 0 aliphatic heterocycles. The van der Waals surface area contributed by atoms with E-state index in [0.717, 1.165) is 48.4 Å². The van der Waals surface area contributed by atoms with Crippen molar-refractivity contribution in [2.45, 2.75) is 83.5 Å². The largest absolute Gasteiger partial charge is 0.309 e. The third-order valence-corrected chi connectivity index (χ3v) is 23.6. The van der Waals surface area contributed by atoms with Crippen molar-refractivity contribution in [1.82, 2.24) is 27.4 Å². The number of fused-ring (bicyclic) bond motifs is 21. The Morgan fingerprint density at radius 1 is 0.194 bits per heavy atom. The quantitative estimate of drug-likeness (QED) is 0.0863. The normalized spacial score (nSPS) is 13.0. The molecule has 14 aromatic carbocycles. The van der Waals surface area contributed by atoms with Gasteiger partial charge in [-0.2, -0.15) is 0 Å². The first-order valence-corrected chi connectivity index (χ1v) is 37.4. The summed E-state index contributed by atoms with van der Waals surface area (Å²) >= 11 is 0. The van der Waals surface area contributed by atoms with Crippen LogP contribution >= 0.6 is 0 Å². The van der Waals surface area contributed by atoms with Crippen molar-refractivity contribution in [3.63, 3.8) is 0 Å². The van der Waals surface area contributed by atoms with Crippen LogP contribution in [0.4, 0.5) is 0 Å². The summed E-state index contributed by atoms with van der Waals surface area (Å²) in [6.45, 7) is 4.71. The number of aromatic nitrogens is 6. The van der Waals surface area contributed by atoms with Gasteiger partial charge in [0.25, 0.3) is 0 Å². The van der Waals surface area contributed by atoms with E-state index in [-0.39, 0.29) is 5.41 Å². The highest BCUT2D eigenvalue weighted by Crippen LogP contribution is 2.56. The van der Waals surface area contributed by atoms with Gasteiger partial charge in [0.2, 0.25) is 0 Å². The fourth-order valence-corrected chi connectivity index (χ4v) is 19.0. The standard InChI is InChI=1S/C97H76N6/c1-3-5-7-25-55-97(56-26-8-6-4-2)83-61-67(102-93-51-45-63(98-85-35-17-9-27-71(85)72-28-10-18-36-86(72)98)57-79(93)80-58-64(46-52-94(80)102)99-87-37-19-11-29-73(87)74-30-12-20-38-88(74)99)43-49-69(83)70-50-44-68(62-84(70)97)103-95-53-47-65(100-89-39-21-13-31-75(89)76-32-14-22-40-90(76)100)59-81(95)82-60-66(48-54-96(82)103)101-91-41-23-15-33-77(91)78-34-16-24-42-92(78)101/h9-24,27-54,57-62H,3-8,25-26,55-56H2,1-2H3. The molecule has 6 aromatic heterocycles. The highest BCUT2D eigenvalue weighted by molar-refractivity contribution is 6.17. The predicted octanol–water partition coefficient (Wildman–Crippen LogP) is 26.5. The van der Waals surface area contributed by atoms with Crippen molar-refractivity contribution in [3.05, 3.63) is 314 Å². The maximum absolute atomic E-state index is 2.65. The molecule has 0 spiro atoms. The molecule has 0 amide bonds. The fourth-order valence-electron chi connectivity index (χ4n) is 19.0. The zero-order valence-electron chi connectivity index (χ0n) is 58.1. The monoisotopic (exact) mass is 1320 g/mol. The van der Waals surface area contributed by atoms with Crippen LogP contribution in [0, 0.1) is 0 Å². The zero-order valence-corrected chi connectivity index (χ0v) is 58.1. The number of hydrogen-bond donors (Lipinski definition) is 0. The maximum Gasteiger partial charge on any atom is 0.0542 e. The molecule has 0 N–H and O–H groups in total. The van der Waals surface area contributed by atoms with Crippen molar-refractivity contribution in [1.29, 1.82) is 0 Å². The van der Waals surface area contributed by atoms with Crippen molar-refractivity contribution < 1.29 is 0 Å². The molecule has 6 heterocycles. The van der Waals surface area contributed by atoms with Gasteiger partial charge in [0, 0.05) is 104 Å². The molecule has 20 aromatic rings. The third-order valence-electron chi connectivity index (χ3n) is 23.6. The van der Waals surface area contributed by atoms with E-state index in [0.29, 0.717) is 0 Å². The minimum Gasteiger partial charge on any atom is -0.309 e. The summed E-state index contributed by atoms with van der Waals surface area (Å²) in [6.07, 6.45) is 11.8. The van der Waals surface area contributed by atoms with Gasteiger partial charge in [0.05, 0.1) is 66.2 Å². The van der Waals surface area contributed by atoms with E-state index in [1.807, 2.05) is 0 Å². The molecule has 103 heavy (non-hydrogen) atoms. The molecule has 0 bridgehead atoms. The SMILES string of the molecule is CCCCCCC1(CCCCCC)c2cc(-n3c4ccc(-n5c6ccccc6c6ccccc65)cc4c4cc(-n5c6ccccc6c6ccccc65)ccc43)ccc2-c2ccc(-n3c4ccc(-n5c6ccccc6c6ccccc65)cc4c4cc(-n5c6ccccc6c6ccccc65)ccc43)cc21. The number of nitrogens with zero attached hydrogens (tertiary/aromatic N) is 6. The summed E-state index contributed by atoms with van der Waals surface area (Å²) in [5.74, 6) is 0. The first-order valence-electron chi connectivity index (χ1n) is 37.4. The van der Waals surface area contributed by atoms with Gasteiger partial charge in [-0.1, -0.05) is 223 Å². The fraction of sp³-hybridized carbons (Fsp3) is 0.134. The van der Waals surface area contributed by atoms with Crippen LogP contribution in [0.5, 0.6) is 0 Å². The lowest BCUT2D eigenvalue weighted by molar-refractivity contribution is 0.401. The van der Waals surface area contributed by atoms with Crippen LogP contribution in [-0.2, 0) is 5.41 Å². The van der Waals surface area contributed by atoms with E-state index < -0.39 is 0 Å². The Morgan fingerprint density at radius 3 is 0.631 bits per heavy atom. The molecule has 0 atom stereocenters. The van der Waals surface area contributed by atoms with Gasteiger partial charge >= 0.3 is 0 Å². The molecule has 0 saturated carbocycles. The van der Waals surface area contributed by atoms with E-state index in [2.05, 4.69) is 345 Å². The van der Waals surface area contributed by atoms with Gasteiger partial charge in [0.1, 0.15) is 0 Å². The average molecular weight is 1330 g/mol. The number of rotatable bonds is 16. The van der Waals surface area contributed by atoms with E-state index in [4.69, 9.17) is 0 Å². The minimum absolute atomic E-state index is 0.240. The van der Waals surface area contributed by atoms with Gasteiger partial charge in [-0.3, -0.25) is 0 Å². The molecule has 0 saturated heterocycles. The molecular formula is C97H76N6. The van der Waals surface area contributed by atoms with Gasteiger partial charge in [-0.05, 0) is 181 Å². The number of unbranched alkanes of at least 4 members (excludes halogenated alkanes) is 6. The first kappa shape index (κ1) is 59.7. The topological polar surface area (TPSA) is 29.6 Å². The van der Waals surface area contributed by atoms with E-state index in [9.17, 15) is 0 Å².